The fourth-order valence-corrected chi connectivity index (χ4v) is 2.46. The highest BCUT2D eigenvalue weighted by molar-refractivity contribution is 5.70. The number of aliphatic carboxylic acids is 1. The summed E-state index contributed by atoms with van der Waals surface area (Å²) >= 11 is 0. The van der Waals surface area contributed by atoms with Gasteiger partial charge in [-0.2, -0.15) is 0 Å². The van der Waals surface area contributed by atoms with Crippen LogP contribution < -0.4 is 5.73 Å². The van der Waals surface area contributed by atoms with Crippen LogP contribution in [0.1, 0.15) is 12.8 Å². The average Bonchev–Trinajstić information content (AvgIpc) is 2.02. The van der Waals surface area contributed by atoms with Crippen LogP contribution in [-0.4, -0.2) is 30.3 Å². The lowest BCUT2D eigenvalue weighted by Gasteiger charge is -2.42. The highest BCUT2D eigenvalue weighted by atomic mass is 16.5. The summed E-state index contributed by atoms with van der Waals surface area (Å²) in [5, 5.41) is 8.90. The van der Waals surface area contributed by atoms with E-state index in [0.29, 0.717) is 26.1 Å². The standard InChI is InChI=1S/C9H15NO3/c10-8-6-1-5(9(11)12)2-7(8)4-13-3-6/h5-8H,1-4,10H2,(H,11,12). The molecule has 1 heterocycles. The van der Waals surface area contributed by atoms with Crippen LogP contribution in [0.4, 0.5) is 0 Å². The van der Waals surface area contributed by atoms with E-state index >= 15 is 0 Å². The number of nitrogens with two attached hydrogens (primary N) is 1. The summed E-state index contributed by atoms with van der Waals surface area (Å²) in [6.07, 6.45) is 1.38. The number of hydrogen-bond acceptors (Lipinski definition) is 3. The van der Waals surface area contributed by atoms with Crippen LogP contribution in [0.2, 0.25) is 0 Å². The Kier molecular flexibility index (Phi) is 2.26. The third-order valence-corrected chi connectivity index (χ3v) is 3.28. The highest BCUT2D eigenvalue weighted by Crippen LogP contribution is 2.36. The number of hydrogen-bond donors (Lipinski definition) is 2. The molecule has 2 aliphatic rings. The van der Waals surface area contributed by atoms with E-state index in [-0.39, 0.29) is 23.8 Å². The zero-order valence-corrected chi connectivity index (χ0v) is 7.48. The molecule has 0 radical (unpaired) electrons. The summed E-state index contributed by atoms with van der Waals surface area (Å²) in [4.78, 5) is 10.8. The second-order valence-electron chi connectivity index (χ2n) is 4.14. The average molecular weight is 185 g/mol. The van der Waals surface area contributed by atoms with Crippen molar-refractivity contribution in [1.82, 2.24) is 0 Å². The minimum atomic E-state index is -0.677. The van der Waals surface area contributed by atoms with Crippen LogP contribution in [0.15, 0.2) is 0 Å². The van der Waals surface area contributed by atoms with E-state index in [9.17, 15) is 4.79 Å². The van der Waals surface area contributed by atoms with Crippen molar-refractivity contribution >= 4 is 5.97 Å². The molecule has 2 fully saturated rings. The molecule has 2 atom stereocenters. The topological polar surface area (TPSA) is 72.5 Å². The van der Waals surface area contributed by atoms with Crippen LogP contribution in [-0.2, 0) is 9.53 Å². The first-order chi connectivity index (χ1) is 6.18. The highest BCUT2D eigenvalue weighted by Gasteiger charge is 2.41. The van der Waals surface area contributed by atoms with Crippen molar-refractivity contribution in [3.63, 3.8) is 0 Å². The Morgan fingerprint density at radius 2 is 1.85 bits per heavy atom. The minimum absolute atomic E-state index is 0.157. The Bertz CT molecular complexity index is 205. The molecule has 0 amide bonds. The van der Waals surface area contributed by atoms with Gasteiger partial charge in [0.15, 0.2) is 0 Å². The zero-order chi connectivity index (χ0) is 9.42. The summed E-state index contributed by atoms with van der Waals surface area (Å²) in [5.74, 6) is -0.357. The number of ether oxygens (including phenoxy) is 1. The lowest BCUT2D eigenvalue weighted by molar-refractivity contribution is -0.147. The van der Waals surface area contributed by atoms with Crippen molar-refractivity contribution in [3.8, 4) is 0 Å². The predicted molar refractivity (Wildman–Crippen MR) is 46.1 cm³/mol. The molecule has 4 nitrogen and oxygen atoms in total. The normalized spacial score (nSPS) is 44.4. The maximum atomic E-state index is 10.8. The van der Waals surface area contributed by atoms with E-state index in [0.717, 1.165) is 0 Å². The molecule has 2 bridgehead atoms. The lowest BCUT2D eigenvalue weighted by atomic mass is 9.71. The molecule has 2 unspecified atom stereocenters. The fraction of sp³-hybridized carbons (Fsp3) is 0.889. The van der Waals surface area contributed by atoms with Gasteiger partial charge in [-0.05, 0) is 24.7 Å². The fourth-order valence-electron chi connectivity index (χ4n) is 2.46. The first-order valence-corrected chi connectivity index (χ1v) is 4.74. The molecule has 0 aromatic rings. The quantitative estimate of drug-likeness (QED) is 0.606. The van der Waals surface area contributed by atoms with Gasteiger partial charge in [-0.25, -0.2) is 0 Å². The van der Waals surface area contributed by atoms with Gasteiger partial charge in [0.2, 0.25) is 0 Å². The Labute approximate surface area is 77.1 Å². The Morgan fingerprint density at radius 1 is 1.31 bits per heavy atom. The van der Waals surface area contributed by atoms with Crippen molar-refractivity contribution in [2.24, 2.45) is 23.5 Å². The first-order valence-electron chi connectivity index (χ1n) is 4.74. The Morgan fingerprint density at radius 3 is 2.31 bits per heavy atom. The first kappa shape index (κ1) is 8.97. The third kappa shape index (κ3) is 1.56. The number of carboxylic acids is 1. The van der Waals surface area contributed by atoms with Gasteiger partial charge in [0.25, 0.3) is 0 Å². The molecule has 13 heavy (non-hydrogen) atoms. The van der Waals surface area contributed by atoms with Gasteiger partial charge in [-0.1, -0.05) is 0 Å². The predicted octanol–water partition coefficient (Wildman–Crippen LogP) is 0.0709. The molecule has 0 spiro atoms. The minimum Gasteiger partial charge on any atom is -0.481 e. The van der Waals surface area contributed by atoms with E-state index in [2.05, 4.69) is 0 Å². The van der Waals surface area contributed by atoms with Gasteiger partial charge in [0.05, 0.1) is 19.1 Å². The summed E-state index contributed by atoms with van der Waals surface area (Å²) in [6, 6.07) is 0.157. The number of rotatable bonds is 1. The van der Waals surface area contributed by atoms with Crippen LogP contribution in [0, 0.1) is 17.8 Å². The molecule has 4 heteroatoms. The molecule has 1 saturated carbocycles. The van der Waals surface area contributed by atoms with Crippen molar-refractivity contribution in [2.75, 3.05) is 13.2 Å². The monoisotopic (exact) mass is 185 g/mol. The van der Waals surface area contributed by atoms with E-state index in [1.54, 1.807) is 0 Å². The summed E-state index contributed by atoms with van der Waals surface area (Å²) in [7, 11) is 0. The molecule has 0 aromatic heterocycles. The second-order valence-corrected chi connectivity index (χ2v) is 4.14. The summed E-state index contributed by atoms with van der Waals surface area (Å²) in [5.41, 5.74) is 5.97. The van der Waals surface area contributed by atoms with Crippen molar-refractivity contribution < 1.29 is 14.6 Å². The smallest absolute Gasteiger partial charge is 0.306 e. The number of carboxylic acid groups (broad SMARTS) is 1. The lowest BCUT2D eigenvalue weighted by Crippen LogP contribution is -2.51. The van der Waals surface area contributed by atoms with E-state index in [4.69, 9.17) is 15.6 Å². The molecule has 1 aliphatic carbocycles. The van der Waals surface area contributed by atoms with Gasteiger partial charge in [0, 0.05) is 6.04 Å². The van der Waals surface area contributed by atoms with Crippen LogP contribution in [0.25, 0.3) is 0 Å². The second kappa shape index (κ2) is 3.27. The number of carbonyl (C=O) groups is 1. The Hall–Kier alpha value is -0.610. The molecule has 1 saturated heterocycles. The van der Waals surface area contributed by atoms with Gasteiger partial charge in [-0.15, -0.1) is 0 Å². The Balaban J connectivity index is 2.07. The van der Waals surface area contributed by atoms with Gasteiger partial charge in [-0.3, -0.25) is 4.79 Å². The molecular weight excluding hydrogens is 170 g/mol. The molecule has 0 aromatic carbocycles. The molecular formula is C9H15NO3. The maximum absolute atomic E-state index is 10.8. The van der Waals surface area contributed by atoms with Gasteiger partial charge >= 0.3 is 5.97 Å². The molecule has 1 aliphatic heterocycles. The van der Waals surface area contributed by atoms with Crippen LogP contribution in [0.3, 0.4) is 0 Å². The van der Waals surface area contributed by atoms with E-state index in [1.165, 1.54) is 0 Å². The third-order valence-electron chi connectivity index (χ3n) is 3.28. The maximum Gasteiger partial charge on any atom is 0.306 e. The molecule has 3 N–H and O–H groups in total. The van der Waals surface area contributed by atoms with Crippen LogP contribution in [0.5, 0.6) is 0 Å². The van der Waals surface area contributed by atoms with Crippen molar-refractivity contribution in [1.29, 1.82) is 0 Å². The van der Waals surface area contributed by atoms with E-state index in [1.807, 2.05) is 0 Å². The molecule has 2 rings (SSSR count). The number of fused-ring (bicyclic) bond motifs is 2. The van der Waals surface area contributed by atoms with Crippen molar-refractivity contribution in [2.45, 2.75) is 18.9 Å². The van der Waals surface area contributed by atoms with Gasteiger partial charge < -0.3 is 15.6 Å². The molecule has 74 valence electrons. The summed E-state index contributed by atoms with van der Waals surface area (Å²) < 4.78 is 5.36. The van der Waals surface area contributed by atoms with Crippen molar-refractivity contribution in [3.05, 3.63) is 0 Å². The van der Waals surface area contributed by atoms with E-state index < -0.39 is 5.97 Å². The van der Waals surface area contributed by atoms with Gasteiger partial charge in [0.1, 0.15) is 0 Å². The zero-order valence-electron chi connectivity index (χ0n) is 7.48. The largest absolute Gasteiger partial charge is 0.481 e. The summed E-state index contributed by atoms with van der Waals surface area (Å²) in [6.45, 7) is 1.28. The van der Waals surface area contributed by atoms with Crippen LogP contribution >= 0.6 is 0 Å². The SMILES string of the molecule is NC1C2COCC1CC(C(=O)O)C2.